The van der Waals surface area contributed by atoms with Crippen LogP contribution in [-0.4, -0.2) is 53.5 Å². The molecule has 1 N–H and O–H groups in total. The van der Waals surface area contributed by atoms with Crippen LogP contribution in [0.3, 0.4) is 0 Å². The number of aromatic nitrogens is 4. The van der Waals surface area contributed by atoms with Gasteiger partial charge in [0.2, 0.25) is 5.82 Å². The van der Waals surface area contributed by atoms with Crippen molar-refractivity contribution in [3.8, 4) is 5.75 Å². The first-order valence-corrected chi connectivity index (χ1v) is 11.2. The van der Waals surface area contributed by atoms with Crippen LogP contribution in [0.5, 0.6) is 5.75 Å². The van der Waals surface area contributed by atoms with Gasteiger partial charge in [0.25, 0.3) is 0 Å². The predicted octanol–water partition coefficient (Wildman–Crippen LogP) is 2.03. The van der Waals surface area contributed by atoms with E-state index in [1.54, 1.807) is 12.0 Å². The Morgan fingerprint density at radius 2 is 1.71 bits per heavy atom. The highest BCUT2D eigenvalue weighted by molar-refractivity contribution is 5.49. The van der Waals surface area contributed by atoms with Gasteiger partial charge in [0.05, 0.1) is 33.3 Å². The maximum absolute atomic E-state index is 5.29. The Morgan fingerprint density at radius 1 is 1.00 bits per heavy atom. The van der Waals surface area contributed by atoms with Crippen molar-refractivity contribution in [1.29, 1.82) is 0 Å². The molecule has 1 aliphatic heterocycles. The summed E-state index contributed by atoms with van der Waals surface area (Å²) in [6, 6.07) is 19.2. The maximum Gasteiger partial charge on any atom is 0.209 e. The van der Waals surface area contributed by atoms with Crippen LogP contribution >= 0.6 is 0 Å². The summed E-state index contributed by atoms with van der Waals surface area (Å²) >= 11 is 0. The second kappa shape index (κ2) is 9.92. The zero-order chi connectivity index (χ0) is 21.6. The smallest absolute Gasteiger partial charge is 0.209 e. The van der Waals surface area contributed by atoms with E-state index in [-0.39, 0.29) is 0 Å². The van der Waals surface area contributed by atoms with Crippen molar-refractivity contribution in [3.05, 3.63) is 66.0 Å². The lowest BCUT2D eigenvalue weighted by Gasteiger charge is -2.38. The molecular formula is C24H33N6O+. The molecule has 1 atom stereocenters. The predicted molar refractivity (Wildman–Crippen MR) is 121 cm³/mol. The monoisotopic (exact) mass is 421 g/mol. The van der Waals surface area contributed by atoms with Gasteiger partial charge in [-0.05, 0) is 46.7 Å². The number of ether oxygens (including phenoxy) is 1. The van der Waals surface area contributed by atoms with Gasteiger partial charge in [0, 0.05) is 18.2 Å². The third-order valence-corrected chi connectivity index (χ3v) is 6.24. The fraction of sp³-hybridized carbons (Fsp3) is 0.458. The Hall–Kier alpha value is -2.93. The molecule has 2 heterocycles. The normalized spacial score (nSPS) is 15.9. The zero-order valence-electron chi connectivity index (χ0n) is 18.7. The third-order valence-electron chi connectivity index (χ3n) is 6.24. The van der Waals surface area contributed by atoms with Crippen molar-refractivity contribution in [3.63, 3.8) is 0 Å². The minimum atomic E-state index is 0.295. The first-order chi connectivity index (χ1) is 15.2. The Morgan fingerprint density at radius 3 is 2.35 bits per heavy atom. The lowest BCUT2D eigenvalue weighted by atomic mass is 10.0. The number of hydrogen-bond acceptors (Lipinski definition) is 5. The second-order valence-corrected chi connectivity index (χ2v) is 8.56. The van der Waals surface area contributed by atoms with Gasteiger partial charge in [-0.2, -0.15) is 0 Å². The molecule has 1 fully saturated rings. The fourth-order valence-electron chi connectivity index (χ4n) is 4.58. The fourth-order valence-corrected chi connectivity index (χ4v) is 4.58. The van der Waals surface area contributed by atoms with Crippen LogP contribution in [-0.2, 0) is 13.0 Å². The highest BCUT2D eigenvalue weighted by Gasteiger charge is 2.35. The summed E-state index contributed by atoms with van der Waals surface area (Å²) in [4.78, 5) is 4.02. The molecule has 0 amide bonds. The number of benzene rings is 2. The second-order valence-electron chi connectivity index (χ2n) is 8.56. The first-order valence-electron chi connectivity index (χ1n) is 11.2. The first kappa shape index (κ1) is 21.3. The van der Waals surface area contributed by atoms with E-state index in [9.17, 15) is 0 Å². The third kappa shape index (κ3) is 5.05. The van der Waals surface area contributed by atoms with E-state index in [1.807, 2.05) is 16.8 Å². The number of hydrogen-bond donors (Lipinski definition) is 1. The molecule has 0 bridgehead atoms. The number of nitrogens with one attached hydrogen (secondary N) is 1. The van der Waals surface area contributed by atoms with Gasteiger partial charge in [-0.25, -0.2) is 4.68 Å². The van der Waals surface area contributed by atoms with Crippen LogP contribution in [0.4, 0.5) is 5.69 Å². The quantitative estimate of drug-likeness (QED) is 0.603. The molecule has 4 rings (SSSR count). The van der Waals surface area contributed by atoms with Crippen molar-refractivity contribution in [2.24, 2.45) is 5.92 Å². The molecule has 7 nitrogen and oxygen atoms in total. The summed E-state index contributed by atoms with van der Waals surface area (Å²) in [7, 11) is 1.71. The molecule has 7 heteroatoms. The summed E-state index contributed by atoms with van der Waals surface area (Å²) in [5, 5.41) is 12.8. The molecule has 2 aromatic carbocycles. The van der Waals surface area contributed by atoms with Gasteiger partial charge >= 0.3 is 0 Å². The van der Waals surface area contributed by atoms with E-state index >= 15 is 0 Å². The number of quaternary nitrogens is 1. The number of tetrazole rings is 1. The number of nitrogens with zero attached hydrogens (tertiary/aromatic N) is 5. The summed E-state index contributed by atoms with van der Waals surface area (Å²) in [5.41, 5.74) is 2.57. The largest absolute Gasteiger partial charge is 0.497 e. The van der Waals surface area contributed by atoms with Gasteiger partial charge in [-0.1, -0.05) is 44.2 Å². The zero-order valence-corrected chi connectivity index (χ0v) is 18.7. The average molecular weight is 422 g/mol. The number of aryl methyl sites for hydroxylation is 2. The van der Waals surface area contributed by atoms with E-state index in [0.717, 1.165) is 50.7 Å². The number of anilines is 1. The van der Waals surface area contributed by atoms with Crippen LogP contribution in [0.1, 0.15) is 31.3 Å². The summed E-state index contributed by atoms with van der Waals surface area (Å²) in [5.74, 6) is 2.37. The average Bonchev–Trinajstić information content (AvgIpc) is 3.27. The molecule has 0 radical (unpaired) electrons. The molecule has 0 saturated carbocycles. The van der Waals surface area contributed by atoms with Crippen LogP contribution in [0.25, 0.3) is 0 Å². The van der Waals surface area contributed by atoms with E-state index in [2.05, 4.69) is 76.7 Å². The molecule has 0 unspecified atom stereocenters. The lowest BCUT2D eigenvalue weighted by molar-refractivity contribution is -0.937. The Labute approximate surface area is 184 Å². The SMILES string of the molecule is COc1ccc(N2CC[NH+]([C@H](c3nnnn3CCc3ccccc3)C(C)C)CC2)cc1. The number of piperazine rings is 1. The van der Waals surface area contributed by atoms with Crippen LogP contribution < -0.4 is 14.5 Å². The van der Waals surface area contributed by atoms with Crippen molar-refractivity contribution in [2.45, 2.75) is 32.9 Å². The number of methoxy groups -OCH3 is 1. The summed E-state index contributed by atoms with van der Waals surface area (Å²) in [6.07, 6.45) is 0.935. The standard InChI is InChI=1S/C24H32N6O/c1-19(2)23(24-25-26-27-30(24)14-13-20-7-5-4-6-8-20)29-17-15-28(16-18-29)21-9-11-22(31-3)12-10-21/h4-12,19,23H,13-18H2,1-3H3/p+1/t23-/m0/s1. The Bertz CT molecular complexity index is 932. The number of rotatable bonds is 8. The van der Waals surface area contributed by atoms with Crippen LogP contribution in [0, 0.1) is 5.92 Å². The molecule has 3 aromatic rings. The van der Waals surface area contributed by atoms with E-state index in [1.165, 1.54) is 11.3 Å². The molecule has 0 spiro atoms. The highest BCUT2D eigenvalue weighted by atomic mass is 16.5. The summed E-state index contributed by atoms with van der Waals surface area (Å²) in [6.45, 7) is 9.56. The Kier molecular flexibility index (Phi) is 6.82. The van der Waals surface area contributed by atoms with Gasteiger partial charge < -0.3 is 14.5 Å². The molecule has 164 valence electrons. The molecule has 1 saturated heterocycles. The van der Waals surface area contributed by atoms with Gasteiger partial charge in [0.1, 0.15) is 5.75 Å². The molecule has 31 heavy (non-hydrogen) atoms. The molecular weight excluding hydrogens is 388 g/mol. The van der Waals surface area contributed by atoms with Gasteiger partial charge in [-0.3, -0.25) is 0 Å². The van der Waals surface area contributed by atoms with E-state index in [4.69, 9.17) is 4.74 Å². The molecule has 1 aliphatic rings. The Balaban J connectivity index is 1.42. The highest BCUT2D eigenvalue weighted by Crippen LogP contribution is 2.21. The van der Waals surface area contributed by atoms with E-state index in [0.29, 0.717) is 12.0 Å². The van der Waals surface area contributed by atoms with Crippen molar-refractivity contribution in [2.75, 3.05) is 38.2 Å². The maximum atomic E-state index is 5.29. The molecule has 0 aliphatic carbocycles. The van der Waals surface area contributed by atoms with Crippen molar-refractivity contribution < 1.29 is 9.64 Å². The van der Waals surface area contributed by atoms with E-state index < -0.39 is 0 Å². The molecule has 1 aromatic heterocycles. The van der Waals surface area contributed by atoms with Crippen molar-refractivity contribution >= 4 is 5.69 Å². The van der Waals surface area contributed by atoms with Gasteiger partial charge in [0.15, 0.2) is 6.04 Å². The van der Waals surface area contributed by atoms with Crippen LogP contribution in [0.2, 0.25) is 0 Å². The minimum Gasteiger partial charge on any atom is -0.497 e. The summed E-state index contributed by atoms with van der Waals surface area (Å²) < 4.78 is 7.30. The van der Waals surface area contributed by atoms with Crippen LogP contribution in [0.15, 0.2) is 54.6 Å². The lowest BCUT2D eigenvalue weighted by Crippen LogP contribution is -3.15. The van der Waals surface area contributed by atoms with Crippen molar-refractivity contribution in [1.82, 2.24) is 20.2 Å². The van der Waals surface area contributed by atoms with Gasteiger partial charge in [-0.15, -0.1) is 5.10 Å². The topological polar surface area (TPSA) is 60.5 Å². The minimum absolute atomic E-state index is 0.295.